The van der Waals surface area contributed by atoms with E-state index in [4.69, 9.17) is 9.47 Å². The zero-order chi connectivity index (χ0) is 16.2. The lowest BCUT2D eigenvalue weighted by Crippen LogP contribution is -2.17. The number of nitrogens with zero attached hydrogens (tertiary/aromatic N) is 1. The molecular formula is C16H14N2O5. The zero-order valence-corrected chi connectivity index (χ0v) is 12.2. The number of amides is 1. The third-order valence-corrected chi connectivity index (χ3v) is 3.37. The largest absolute Gasteiger partial charge is 0.486 e. The molecule has 0 radical (unpaired) electrons. The van der Waals surface area contributed by atoms with Gasteiger partial charge in [-0.2, -0.15) is 0 Å². The molecule has 1 N–H and O–H groups in total. The molecule has 0 aromatic heterocycles. The van der Waals surface area contributed by atoms with Gasteiger partial charge in [0.25, 0.3) is 5.69 Å². The number of fused-ring (bicyclic) bond motifs is 1. The maximum Gasteiger partial charge on any atom is 0.273 e. The quantitative estimate of drug-likeness (QED) is 0.692. The first-order chi connectivity index (χ1) is 11.1. The molecule has 23 heavy (non-hydrogen) atoms. The molecule has 1 aliphatic rings. The van der Waals surface area contributed by atoms with Gasteiger partial charge in [-0.05, 0) is 12.1 Å². The SMILES string of the molecule is O=C(Cc1ccccc1[N+](=O)[O-])Nc1ccc2c(c1)OCCO2. The molecule has 0 bridgehead atoms. The van der Waals surface area contributed by atoms with Crippen molar-refractivity contribution in [2.45, 2.75) is 6.42 Å². The topological polar surface area (TPSA) is 90.7 Å². The number of hydrogen-bond donors (Lipinski definition) is 1. The van der Waals surface area contributed by atoms with Crippen molar-refractivity contribution in [1.29, 1.82) is 0 Å². The Labute approximate surface area is 132 Å². The lowest BCUT2D eigenvalue weighted by atomic mass is 10.1. The molecule has 1 amide bonds. The van der Waals surface area contributed by atoms with Crippen LogP contribution in [0.3, 0.4) is 0 Å². The first kappa shape index (κ1) is 14.8. The first-order valence-corrected chi connectivity index (χ1v) is 7.05. The van der Waals surface area contributed by atoms with Crippen LogP contribution >= 0.6 is 0 Å². The number of rotatable bonds is 4. The summed E-state index contributed by atoms with van der Waals surface area (Å²) >= 11 is 0. The maximum atomic E-state index is 12.1. The van der Waals surface area contributed by atoms with Crippen LogP contribution in [0, 0.1) is 10.1 Å². The molecular weight excluding hydrogens is 300 g/mol. The van der Waals surface area contributed by atoms with Gasteiger partial charge in [0.05, 0.1) is 11.3 Å². The number of anilines is 1. The number of benzene rings is 2. The Bertz CT molecular complexity index is 760. The molecule has 2 aromatic carbocycles. The van der Waals surface area contributed by atoms with Gasteiger partial charge in [-0.1, -0.05) is 18.2 Å². The van der Waals surface area contributed by atoms with Gasteiger partial charge in [-0.25, -0.2) is 0 Å². The van der Waals surface area contributed by atoms with E-state index < -0.39 is 4.92 Å². The van der Waals surface area contributed by atoms with Gasteiger partial charge in [-0.15, -0.1) is 0 Å². The number of nitro benzene ring substituents is 1. The summed E-state index contributed by atoms with van der Waals surface area (Å²) in [7, 11) is 0. The fraction of sp³-hybridized carbons (Fsp3) is 0.188. The smallest absolute Gasteiger partial charge is 0.273 e. The molecule has 0 atom stereocenters. The minimum Gasteiger partial charge on any atom is -0.486 e. The fourth-order valence-electron chi connectivity index (χ4n) is 2.34. The van der Waals surface area contributed by atoms with Gasteiger partial charge in [0.15, 0.2) is 11.5 Å². The second kappa shape index (κ2) is 6.35. The van der Waals surface area contributed by atoms with Gasteiger partial charge < -0.3 is 14.8 Å². The summed E-state index contributed by atoms with van der Waals surface area (Å²) in [5.74, 6) is 0.865. The van der Waals surface area contributed by atoms with Gasteiger partial charge >= 0.3 is 0 Å². The second-order valence-electron chi connectivity index (χ2n) is 4.97. The van der Waals surface area contributed by atoms with Crippen molar-refractivity contribution in [3.63, 3.8) is 0 Å². The molecule has 0 saturated carbocycles. The minimum absolute atomic E-state index is 0.0650. The lowest BCUT2D eigenvalue weighted by Gasteiger charge is -2.19. The zero-order valence-electron chi connectivity index (χ0n) is 12.2. The predicted molar refractivity (Wildman–Crippen MR) is 82.9 cm³/mol. The van der Waals surface area contributed by atoms with Crippen LogP contribution in [0.2, 0.25) is 0 Å². The summed E-state index contributed by atoms with van der Waals surface area (Å²) in [6.45, 7) is 0.955. The Morgan fingerprint density at radius 1 is 1.13 bits per heavy atom. The summed E-state index contributed by atoms with van der Waals surface area (Å²) in [6, 6.07) is 11.3. The van der Waals surface area contributed by atoms with Crippen molar-refractivity contribution >= 4 is 17.3 Å². The normalized spacial score (nSPS) is 12.5. The summed E-state index contributed by atoms with van der Waals surface area (Å²) in [4.78, 5) is 22.6. The van der Waals surface area contributed by atoms with Crippen LogP contribution in [0.25, 0.3) is 0 Å². The van der Waals surface area contributed by atoms with Crippen LogP contribution in [0.4, 0.5) is 11.4 Å². The Hall–Kier alpha value is -3.09. The van der Waals surface area contributed by atoms with Crippen molar-refractivity contribution in [2.24, 2.45) is 0 Å². The van der Waals surface area contributed by atoms with Crippen molar-refractivity contribution < 1.29 is 19.2 Å². The van der Waals surface area contributed by atoms with E-state index in [2.05, 4.69) is 5.32 Å². The van der Waals surface area contributed by atoms with Crippen LogP contribution in [-0.2, 0) is 11.2 Å². The first-order valence-electron chi connectivity index (χ1n) is 7.05. The summed E-state index contributed by atoms with van der Waals surface area (Å²) in [5.41, 5.74) is 0.857. The van der Waals surface area contributed by atoms with E-state index in [0.717, 1.165) is 0 Å². The summed E-state index contributed by atoms with van der Waals surface area (Å²) in [6.07, 6.45) is -0.0778. The molecule has 2 aromatic rings. The molecule has 118 valence electrons. The molecule has 0 saturated heterocycles. The molecule has 7 heteroatoms. The van der Waals surface area contributed by atoms with Gasteiger partial charge in [-0.3, -0.25) is 14.9 Å². The van der Waals surface area contributed by atoms with E-state index in [1.807, 2.05) is 0 Å². The van der Waals surface area contributed by atoms with Gasteiger partial charge in [0, 0.05) is 23.4 Å². The number of nitro groups is 1. The highest BCUT2D eigenvalue weighted by Crippen LogP contribution is 2.32. The predicted octanol–water partition coefficient (Wildman–Crippen LogP) is 2.55. The number of ether oxygens (including phenoxy) is 2. The highest BCUT2D eigenvalue weighted by molar-refractivity contribution is 5.93. The van der Waals surface area contributed by atoms with Crippen molar-refractivity contribution in [3.05, 3.63) is 58.1 Å². The number of carbonyl (C=O) groups excluding carboxylic acids is 1. The van der Waals surface area contributed by atoms with E-state index in [1.165, 1.54) is 6.07 Å². The molecule has 0 spiro atoms. The minimum atomic E-state index is -0.493. The molecule has 0 fully saturated rings. The Morgan fingerprint density at radius 3 is 2.65 bits per heavy atom. The molecule has 1 heterocycles. The lowest BCUT2D eigenvalue weighted by molar-refractivity contribution is -0.385. The highest BCUT2D eigenvalue weighted by Gasteiger charge is 2.17. The van der Waals surface area contributed by atoms with Crippen molar-refractivity contribution in [1.82, 2.24) is 0 Å². The van der Waals surface area contributed by atoms with E-state index in [9.17, 15) is 14.9 Å². The summed E-state index contributed by atoms with van der Waals surface area (Å²) in [5, 5.41) is 13.7. The Kier molecular flexibility index (Phi) is 4.09. The van der Waals surface area contributed by atoms with E-state index in [0.29, 0.717) is 36.0 Å². The van der Waals surface area contributed by atoms with E-state index >= 15 is 0 Å². The van der Waals surface area contributed by atoms with Crippen LogP contribution in [0.15, 0.2) is 42.5 Å². The average Bonchev–Trinajstić information content (AvgIpc) is 2.55. The summed E-state index contributed by atoms with van der Waals surface area (Å²) < 4.78 is 10.9. The van der Waals surface area contributed by atoms with Crippen LogP contribution in [0.5, 0.6) is 11.5 Å². The molecule has 0 unspecified atom stereocenters. The van der Waals surface area contributed by atoms with Crippen molar-refractivity contribution in [2.75, 3.05) is 18.5 Å². The average molecular weight is 314 g/mol. The van der Waals surface area contributed by atoms with Crippen LogP contribution in [-0.4, -0.2) is 24.0 Å². The third kappa shape index (κ3) is 3.39. The third-order valence-electron chi connectivity index (χ3n) is 3.37. The number of carbonyl (C=O) groups is 1. The molecule has 1 aliphatic heterocycles. The fourth-order valence-corrected chi connectivity index (χ4v) is 2.34. The van der Waals surface area contributed by atoms with Crippen LogP contribution < -0.4 is 14.8 Å². The van der Waals surface area contributed by atoms with Crippen molar-refractivity contribution in [3.8, 4) is 11.5 Å². The maximum absolute atomic E-state index is 12.1. The monoisotopic (exact) mass is 314 g/mol. The van der Waals surface area contributed by atoms with Gasteiger partial charge in [0.1, 0.15) is 13.2 Å². The van der Waals surface area contributed by atoms with E-state index in [1.54, 1.807) is 36.4 Å². The number of para-hydroxylation sites is 1. The highest BCUT2D eigenvalue weighted by atomic mass is 16.6. The second-order valence-corrected chi connectivity index (χ2v) is 4.97. The molecule has 7 nitrogen and oxygen atoms in total. The van der Waals surface area contributed by atoms with Gasteiger partial charge in [0.2, 0.25) is 5.91 Å². The Balaban J connectivity index is 1.72. The molecule has 0 aliphatic carbocycles. The molecule has 3 rings (SSSR count). The Morgan fingerprint density at radius 2 is 1.87 bits per heavy atom. The van der Waals surface area contributed by atoms with E-state index in [-0.39, 0.29) is 18.0 Å². The standard InChI is InChI=1S/C16H14N2O5/c19-16(9-11-3-1-2-4-13(11)18(20)21)17-12-5-6-14-15(10-12)23-8-7-22-14/h1-6,10H,7-9H2,(H,17,19). The number of nitrogens with one attached hydrogen (secondary N) is 1. The van der Waals surface area contributed by atoms with Crippen LogP contribution in [0.1, 0.15) is 5.56 Å². The number of hydrogen-bond acceptors (Lipinski definition) is 5.